The molecule has 0 aliphatic carbocycles. The minimum absolute atomic E-state index is 0.0304. The Morgan fingerprint density at radius 3 is 2.65 bits per heavy atom. The molecule has 0 fully saturated rings. The fourth-order valence-electron chi connectivity index (χ4n) is 1.33. The number of nitrogens with zero attached hydrogens (tertiary/aromatic N) is 2. The van der Waals surface area contributed by atoms with E-state index in [4.69, 9.17) is 0 Å². The summed E-state index contributed by atoms with van der Waals surface area (Å²) in [5.74, 6) is -0.342. The van der Waals surface area contributed by atoms with Crippen LogP contribution >= 0.6 is 0 Å². The molecule has 0 spiro atoms. The number of amides is 1. The second kappa shape index (κ2) is 6.17. The van der Waals surface area contributed by atoms with Crippen molar-refractivity contribution in [2.24, 2.45) is 0 Å². The Labute approximate surface area is 111 Å². The maximum absolute atomic E-state index is 12.5. The third-order valence-corrected chi connectivity index (χ3v) is 2.32. The van der Waals surface area contributed by atoms with Gasteiger partial charge < -0.3 is 10.6 Å². The molecule has 1 amide bonds. The Bertz CT molecular complexity index is 519. The van der Waals surface area contributed by atoms with Gasteiger partial charge in [-0.2, -0.15) is 13.2 Å². The minimum Gasteiger partial charge on any atom is -0.379 e. The van der Waals surface area contributed by atoms with Crippen LogP contribution < -0.4 is 10.6 Å². The molecule has 10 heteroatoms. The van der Waals surface area contributed by atoms with Gasteiger partial charge in [0.2, 0.25) is 5.91 Å². The van der Waals surface area contributed by atoms with E-state index >= 15 is 0 Å². The molecule has 7 nitrogen and oxygen atoms in total. The molecule has 0 aliphatic heterocycles. The van der Waals surface area contributed by atoms with Crippen LogP contribution in [0, 0.1) is 10.1 Å². The summed E-state index contributed by atoms with van der Waals surface area (Å²) in [5.41, 5.74) is -2.17. The second-order valence-corrected chi connectivity index (χ2v) is 3.69. The van der Waals surface area contributed by atoms with E-state index in [0.717, 1.165) is 0 Å². The molecule has 0 saturated carbocycles. The van der Waals surface area contributed by atoms with Crippen LogP contribution in [0.2, 0.25) is 0 Å². The van der Waals surface area contributed by atoms with Crippen molar-refractivity contribution in [3.63, 3.8) is 0 Å². The number of rotatable bonds is 5. The molecule has 20 heavy (non-hydrogen) atoms. The molecule has 1 rings (SSSR count). The number of nitro groups is 1. The van der Waals surface area contributed by atoms with Crippen LogP contribution in [0.1, 0.15) is 12.1 Å². The summed E-state index contributed by atoms with van der Waals surface area (Å²) in [6, 6.07) is 0.544. The summed E-state index contributed by atoms with van der Waals surface area (Å²) >= 11 is 0. The van der Waals surface area contributed by atoms with Gasteiger partial charge in [-0.05, 0) is 6.07 Å². The number of hydrogen-bond acceptors (Lipinski definition) is 5. The van der Waals surface area contributed by atoms with E-state index < -0.39 is 22.5 Å². The molecule has 2 N–H and O–H groups in total. The first-order valence-electron chi connectivity index (χ1n) is 5.41. The summed E-state index contributed by atoms with van der Waals surface area (Å²) < 4.78 is 37.4. The van der Waals surface area contributed by atoms with Crippen LogP contribution in [0.5, 0.6) is 0 Å². The molecule has 0 aliphatic rings. The van der Waals surface area contributed by atoms with Gasteiger partial charge in [0.05, 0.1) is 4.92 Å². The molecule has 1 aromatic heterocycles. The average Bonchev–Trinajstić information content (AvgIpc) is 2.37. The van der Waals surface area contributed by atoms with E-state index in [1.165, 1.54) is 7.05 Å². The first kappa shape index (κ1) is 15.7. The highest BCUT2D eigenvalue weighted by molar-refractivity contribution is 5.76. The lowest BCUT2D eigenvalue weighted by Crippen LogP contribution is -2.21. The molecule has 0 bridgehead atoms. The monoisotopic (exact) mass is 292 g/mol. The number of pyridine rings is 1. The first-order valence-corrected chi connectivity index (χ1v) is 5.41. The normalized spacial score (nSPS) is 11.0. The fraction of sp³-hybridized carbons (Fsp3) is 0.400. The van der Waals surface area contributed by atoms with Crippen LogP contribution in [0.25, 0.3) is 0 Å². The maximum Gasteiger partial charge on any atom is 0.433 e. The van der Waals surface area contributed by atoms with Crippen LogP contribution in [0.3, 0.4) is 0 Å². The topological polar surface area (TPSA) is 97.2 Å². The highest BCUT2D eigenvalue weighted by atomic mass is 19.4. The zero-order valence-corrected chi connectivity index (χ0v) is 10.3. The Morgan fingerprint density at radius 2 is 2.15 bits per heavy atom. The lowest BCUT2D eigenvalue weighted by atomic mass is 10.2. The number of aromatic nitrogens is 1. The molecular formula is C10H11F3N4O3. The lowest BCUT2D eigenvalue weighted by Gasteiger charge is -2.10. The number of carbonyl (C=O) groups is 1. The highest BCUT2D eigenvalue weighted by Crippen LogP contribution is 2.32. The zero-order valence-electron chi connectivity index (χ0n) is 10.3. The van der Waals surface area contributed by atoms with Crippen molar-refractivity contribution >= 4 is 17.3 Å². The fourth-order valence-corrected chi connectivity index (χ4v) is 1.33. The van der Waals surface area contributed by atoms with Gasteiger partial charge >= 0.3 is 11.9 Å². The van der Waals surface area contributed by atoms with Crippen molar-refractivity contribution in [2.45, 2.75) is 12.6 Å². The number of hydrogen-bond donors (Lipinski definition) is 2. The first-order chi connectivity index (χ1) is 9.25. The van der Waals surface area contributed by atoms with Crippen molar-refractivity contribution in [2.75, 3.05) is 18.9 Å². The average molecular weight is 292 g/mol. The van der Waals surface area contributed by atoms with Gasteiger partial charge in [-0.15, -0.1) is 0 Å². The van der Waals surface area contributed by atoms with Gasteiger partial charge in [0.1, 0.15) is 17.6 Å². The van der Waals surface area contributed by atoms with Crippen molar-refractivity contribution < 1.29 is 22.9 Å². The molecule has 0 saturated heterocycles. The van der Waals surface area contributed by atoms with Gasteiger partial charge in [-0.3, -0.25) is 14.9 Å². The largest absolute Gasteiger partial charge is 0.433 e. The highest BCUT2D eigenvalue weighted by Gasteiger charge is 2.34. The van der Waals surface area contributed by atoms with Crippen LogP contribution in [-0.2, 0) is 11.0 Å². The van der Waals surface area contributed by atoms with Crippen LogP contribution in [0.15, 0.2) is 12.3 Å². The lowest BCUT2D eigenvalue weighted by molar-refractivity contribution is -0.384. The standard InChI is InChI=1S/C10H11F3N4O3/c1-14-9(18)2-3-15-6-4-8(10(11,12)13)16-5-7(6)17(19)20/h4-5H,2-3H2,1H3,(H,14,18)(H,15,16). The Balaban J connectivity index is 2.95. The van der Waals surface area contributed by atoms with Crippen molar-refractivity contribution in [1.82, 2.24) is 10.3 Å². The van der Waals surface area contributed by atoms with Crippen LogP contribution in [0.4, 0.5) is 24.5 Å². The second-order valence-electron chi connectivity index (χ2n) is 3.69. The molecular weight excluding hydrogens is 281 g/mol. The molecule has 0 aromatic carbocycles. The summed E-state index contributed by atoms with van der Waals surface area (Å²) in [7, 11) is 1.40. The van der Waals surface area contributed by atoms with Gasteiger partial charge in [-0.25, -0.2) is 4.98 Å². The third-order valence-electron chi connectivity index (χ3n) is 2.32. The maximum atomic E-state index is 12.5. The SMILES string of the molecule is CNC(=O)CCNc1cc(C(F)(F)F)ncc1[N+](=O)[O-]. The number of carbonyl (C=O) groups excluding carboxylic acids is 1. The Hall–Kier alpha value is -2.39. The summed E-state index contributed by atoms with van der Waals surface area (Å²) in [6.45, 7) is -0.0399. The number of anilines is 1. The predicted molar refractivity (Wildman–Crippen MR) is 63.1 cm³/mol. The summed E-state index contributed by atoms with van der Waals surface area (Å²) in [6.07, 6.45) is -4.20. The van der Waals surface area contributed by atoms with Gasteiger partial charge in [0.15, 0.2) is 0 Å². The van der Waals surface area contributed by atoms with Gasteiger partial charge in [0.25, 0.3) is 0 Å². The Morgan fingerprint density at radius 1 is 1.50 bits per heavy atom. The van der Waals surface area contributed by atoms with E-state index in [9.17, 15) is 28.1 Å². The zero-order chi connectivity index (χ0) is 15.3. The molecule has 110 valence electrons. The Kier molecular flexibility index (Phi) is 4.83. The minimum atomic E-state index is -4.70. The smallest absolute Gasteiger partial charge is 0.379 e. The van der Waals surface area contributed by atoms with E-state index in [-0.39, 0.29) is 24.6 Å². The number of nitrogens with one attached hydrogen (secondary N) is 2. The van der Waals surface area contributed by atoms with E-state index in [1.807, 2.05) is 0 Å². The van der Waals surface area contributed by atoms with E-state index in [2.05, 4.69) is 15.6 Å². The van der Waals surface area contributed by atoms with E-state index in [1.54, 1.807) is 0 Å². The molecule has 1 aromatic rings. The molecule has 0 radical (unpaired) electrons. The predicted octanol–water partition coefficient (Wildman–Crippen LogP) is 1.56. The van der Waals surface area contributed by atoms with Gasteiger partial charge in [-0.1, -0.05) is 0 Å². The number of alkyl halides is 3. The van der Waals surface area contributed by atoms with Crippen LogP contribution in [-0.4, -0.2) is 29.4 Å². The number of halogens is 3. The molecule has 0 atom stereocenters. The molecule has 1 heterocycles. The van der Waals surface area contributed by atoms with Gasteiger partial charge in [0, 0.05) is 20.0 Å². The quantitative estimate of drug-likeness (QED) is 0.634. The van der Waals surface area contributed by atoms with Crippen molar-refractivity contribution in [1.29, 1.82) is 0 Å². The third kappa shape index (κ3) is 4.07. The molecule has 0 unspecified atom stereocenters. The van der Waals surface area contributed by atoms with Crippen molar-refractivity contribution in [3.8, 4) is 0 Å². The summed E-state index contributed by atoms with van der Waals surface area (Å²) in [5, 5.41) is 15.4. The summed E-state index contributed by atoms with van der Waals surface area (Å²) in [4.78, 5) is 23.8. The van der Waals surface area contributed by atoms with Crippen molar-refractivity contribution in [3.05, 3.63) is 28.1 Å². The van der Waals surface area contributed by atoms with E-state index in [0.29, 0.717) is 12.3 Å².